The molecule has 0 aliphatic heterocycles. The van der Waals surface area contributed by atoms with Crippen molar-refractivity contribution >= 4 is 65.0 Å². The van der Waals surface area contributed by atoms with Crippen LogP contribution in [0.15, 0.2) is 24.3 Å². The summed E-state index contributed by atoms with van der Waals surface area (Å²) in [5.41, 5.74) is 6.27. The number of nitrogens with one attached hydrogen (secondary N) is 3. The first-order valence-electron chi connectivity index (χ1n) is 29.2. The minimum Gasteiger partial charge on any atom is -0.390 e. The van der Waals surface area contributed by atoms with Crippen molar-refractivity contribution in [3.05, 3.63) is 24.3 Å². The Morgan fingerprint density at radius 3 is 1.43 bits per heavy atom. The molecule has 23 nitrogen and oxygen atoms in total. The maximum absolute atomic E-state index is 15.1. The van der Waals surface area contributed by atoms with Crippen LogP contribution in [0.4, 0.5) is 0 Å². The molecule has 0 radical (unpaired) electrons. The first-order chi connectivity index (χ1) is 38.2. The van der Waals surface area contributed by atoms with E-state index in [1.807, 2.05) is 34.6 Å². The summed E-state index contributed by atoms with van der Waals surface area (Å²) >= 11 is 0. The minimum absolute atomic E-state index is 0.0530. The number of primary amides is 1. The van der Waals surface area contributed by atoms with Gasteiger partial charge in [0.15, 0.2) is 0 Å². The lowest BCUT2D eigenvalue weighted by Crippen LogP contribution is -2.63. The molecule has 11 amide bonds. The van der Waals surface area contributed by atoms with Crippen LogP contribution in [0.2, 0.25) is 0 Å². The smallest absolute Gasteiger partial charge is 0.246 e. The van der Waals surface area contributed by atoms with Crippen molar-refractivity contribution in [2.24, 2.45) is 41.2 Å². The van der Waals surface area contributed by atoms with Gasteiger partial charge in [-0.05, 0) is 96.8 Å². The van der Waals surface area contributed by atoms with Gasteiger partial charge in [-0.25, -0.2) is 0 Å². The second-order valence-electron chi connectivity index (χ2n) is 24.0. The van der Waals surface area contributed by atoms with E-state index in [0.717, 1.165) is 9.80 Å². The lowest BCUT2D eigenvalue weighted by molar-refractivity contribution is -0.157. The Kier molecular flexibility index (Phi) is 32.3. The molecule has 0 aliphatic rings. The number of hydrogen-bond acceptors (Lipinski definition) is 12. The molecule has 0 saturated heterocycles. The van der Waals surface area contributed by atoms with Crippen molar-refractivity contribution in [2.45, 2.75) is 203 Å². The summed E-state index contributed by atoms with van der Waals surface area (Å²) in [6, 6.07) is -10.5. The number of allylic oxidation sites excluding steroid dienone is 2. The van der Waals surface area contributed by atoms with E-state index >= 15 is 9.59 Å². The third kappa shape index (κ3) is 21.6. The minimum atomic E-state index is -1.60. The van der Waals surface area contributed by atoms with Crippen LogP contribution >= 0.6 is 0 Å². The van der Waals surface area contributed by atoms with Crippen LogP contribution in [0.3, 0.4) is 0 Å². The summed E-state index contributed by atoms with van der Waals surface area (Å²) in [5, 5.41) is 19.9. The Morgan fingerprint density at radius 1 is 0.530 bits per heavy atom. The normalized spacial score (nSPS) is 16.3. The monoisotopic (exact) mass is 1170 g/mol. The zero-order chi connectivity index (χ0) is 65.0. The number of carbonyl (C=O) groups is 11. The van der Waals surface area contributed by atoms with E-state index in [-0.39, 0.29) is 42.9 Å². The van der Waals surface area contributed by atoms with Crippen LogP contribution in [0, 0.1) is 35.5 Å². The largest absolute Gasteiger partial charge is 0.390 e. The number of aliphatic hydroxyl groups is 1. The van der Waals surface area contributed by atoms with E-state index in [9.17, 15) is 48.3 Å². The molecule has 0 saturated carbocycles. The van der Waals surface area contributed by atoms with Gasteiger partial charge in [0.05, 0.1) is 18.6 Å². The summed E-state index contributed by atoms with van der Waals surface area (Å²) in [4.78, 5) is 161. The number of hydrogen-bond donors (Lipinski definition) is 5. The van der Waals surface area contributed by atoms with E-state index < -0.39 is 144 Å². The molecule has 0 fully saturated rings. The summed E-state index contributed by atoms with van der Waals surface area (Å²) in [6.07, 6.45) is 3.31. The van der Waals surface area contributed by atoms with Crippen LogP contribution in [0.1, 0.15) is 143 Å². The molecular weight excluding hydrogens is 1070 g/mol. The molecule has 0 spiro atoms. The number of rotatable bonds is 34. The van der Waals surface area contributed by atoms with Gasteiger partial charge in [-0.2, -0.15) is 0 Å². The highest BCUT2D eigenvalue weighted by Crippen LogP contribution is 2.25. The summed E-state index contributed by atoms with van der Waals surface area (Å²) in [5.74, 6) is -9.24. The molecule has 13 atom stereocenters. The SMILES string of the molecule is C=C(C)[C@@H](C)C(=O)N(C)[C@@H](C)C(=O)N[C@H](C)C(=O)N[C@@H](C)C(=O)N(C)[C@H](CC(C)C)C(=O)N(C)[C@H](CC(C)C)C(=O)N(C)[C@H](C(=O)N(C)C(C(=O)N[C@@H](CC)C(=O)N(C)CC(=O)N(C)[C@H](C(N)=O)C(C)CC)[C@@H](O)[C@H](C)C/C=C\C)C(C)C. The molecule has 6 N–H and O–H groups in total. The Labute approximate surface area is 496 Å². The number of amides is 11. The lowest BCUT2D eigenvalue weighted by Gasteiger charge is -2.41. The summed E-state index contributed by atoms with van der Waals surface area (Å²) in [6.45, 7) is 30.8. The Morgan fingerprint density at radius 2 is 1.00 bits per heavy atom. The molecule has 0 aromatic carbocycles. The third-order valence-electron chi connectivity index (χ3n) is 15.9. The summed E-state index contributed by atoms with van der Waals surface area (Å²) in [7, 11) is 9.94. The lowest BCUT2D eigenvalue weighted by atomic mass is 9.91. The fraction of sp³-hybridized carbons (Fsp3) is 0.750. The van der Waals surface area contributed by atoms with Crippen molar-refractivity contribution in [3.8, 4) is 0 Å². The van der Waals surface area contributed by atoms with Crippen molar-refractivity contribution in [2.75, 3.05) is 55.9 Å². The van der Waals surface area contributed by atoms with Crippen LogP contribution in [-0.4, -0.2) is 221 Å². The molecular formula is C60H107N11O12. The molecule has 0 heterocycles. The van der Waals surface area contributed by atoms with E-state index in [1.165, 1.54) is 94.6 Å². The first-order valence-corrected chi connectivity index (χ1v) is 29.2. The molecule has 83 heavy (non-hydrogen) atoms. The van der Waals surface area contributed by atoms with Gasteiger partial charge in [-0.3, -0.25) is 52.7 Å². The average Bonchev–Trinajstić information content (AvgIpc) is 3.52. The van der Waals surface area contributed by atoms with Gasteiger partial charge in [0.25, 0.3) is 0 Å². The highest BCUT2D eigenvalue weighted by molar-refractivity contribution is 5.98. The molecule has 0 rings (SSSR count). The maximum atomic E-state index is 15.1. The van der Waals surface area contributed by atoms with E-state index in [1.54, 1.807) is 67.5 Å². The predicted octanol–water partition coefficient (Wildman–Crippen LogP) is 2.79. The van der Waals surface area contributed by atoms with Gasteiger partial charge in [-0.15, -0.1) is 0 Å². The van der Waals surface area contributed by atoms with Crippen LogP contribution in [-0.2, 0) is 52.7 Å². The van der Waals surface area contributed by atoms with Crippen molar-refractivity contribution in [3.63, 3.8) is 0 Å². The van der Waals surface area contributed by atoms with E-state index in [2.05, 4.69) is 22.5 Å². The van der Waals surface area contributed by atoms with Gasteiger partial charge in [0.2, 0.25) is 65.0 Å². The zero-order valence-electron chi connectivity index (χ0n) is 54.5. The number of carbonyl (C=O) groups excluding carboxylic acids is 11. The second kappa shape index (κ2) is 35.0. The highest BCUT2D eigenvalue weighted by Gasteiger charge is 2.45. The molecule has 0 bridgehead atoms. The van der Waals surface area contributed by atoms with Gasteiger partial charge in [-0.1, -0.05) is 100.0 Å². The Hall–Kier alpha value is -6.39. The first kappa shape index (κ1) is 76.6. The number of nitrogens with zero attached hydrogens (tertiary/aromatic N) is 7. The molecule has 0 aromatic rings. The van der Waals surface area contributed by atoms with Crippen LogP contribution in [0.25, 0.3) is 0 Å². The zero-order valence-corrected chi connectivity index (χ0v) is 54.5. The standard InChI is InChI=1S/C60H107N11O12/c1-25-28-29-38(13)50(73)49(54(77)64-43(27-3)57(80)65(18)32-46(72)69(22)48(51(61)74)37(12)26-2)71(24)60(83)47(36(10)11)70(23)59(82)45(31-34(6)7)68(21)58(81)44(30-33(4)5)67(20)56(79)41(16)63-52(75)40(15)62-53(76)42(17)66(19)55(78)39(14)35(8)9/h25,28,33-34,36-45,47-50,73H,8,26-27,29-32H2,1-7,9-24H3,(H2,61,74)(H,62,76)(H,63,75)(H,64,77)/b28-25-/t37?,38-,39-,40-,41+,42+,43+,44-,45-,47+,48+,49?,50+/m1/s1. The second-order valence-corrected chi connectivity index (χ2v) is 24.0. The van der Waals surface area contributed by atoms with Gasteiger partial charge in [0, 0.05) is 49.3 Å². The van der Waals surface area contributed by atoms with Crippen LogP contribution < -0.4 is 21.7 Å². The Bertz CT molecular complexity index is 2290. The fourth-order valence-corrected chi connectivity index (χ4v) is 9.74. The quantitative estimate of drug-likeness (QED) is 0.0582. The van der Waals surface area contributed by atoms with Gasteiger partial charge >= 0.3 is 0 Å². The van der Waals surface area contributed by atoms with Gasteiger partial charge < -0.3 is 61.1 Å². The molecule has 2 unspecified atom stereocenters. The number of nitrogens with two attached hydrogens (primary N) is 1. The molecule has 23 heteroatoms. The van der Waals surface area contributed by atoms with E-state index in [4.69, 9.17) is 5.73 Å². The van der Waals surface area contributed by atoms with Crippen molar-refractivity contribution in [1.29, 1.82) is 0 Å². The molecule has 474 valence electrons. The average molecular weight is 1170 g/mol. The van der Waals surface area contributed by atoms with Crippen molar-refractivity contribution in [1.82, 2.24) is 50.2 Å². The predicted molar refractivity (Wildman–Crippen MR) is 321 cm³/mol. The van der Waals surface area contributed by atoms with E-state index in [0.29, 0.717) is 18.4 Å². The third-order valence-corrected chi connectivity index (χ3v) is 15.9. The molecule has 0 aliphatic carbocycles. The highest BCUT2D eigenvalue weighted by atomic mass is 16.3. The van der Waals surface area contributed by atoms with Gasteiger partial charge in [0.1, 0.15) is 54.4 Å². The fourth-order valence-electron chi connectivity index (χ4n) is 9.74. The summed E-state index contributed by atoms with van der Waals surface area (Å²) < 4.78 is 0. The molecule has 0 aromatic heterocycles. The van der Waals surface area contributed by atoms with Crippen LogP contribution in [0.5, 0.6) is 0 Å². The topological polar surface area (TPSA) is 293 Å². The number of likely N-dealkylation sites (N-methyl/N-ethyl adjacent to an activating group) is 7. The number of aliphatic hydroxyl groups excluding tert-OH is 1. The maximum Gasteiger partial charge on any atom is 0.246 e. The Balaban J connectivity index is 7.01. The van der Waals surface area contributed by atoms with Crippen molar-refractivity contribution < 1.29 is 57.8 Å².